The summed E-state index contributed by atoms with van der Waals surface area (Å²) in [5, 5.41) is 2.68. The highest BCUT2D eigenvalue weighted by atomic mass is 16.6. The number of nitrogens with one attached hydrogen (secondary N) is 1. The molecule has 0 saturated carbocycles. The van der Waals surface area contributed by atoms with Crippen LogP contribution in [-0.2, 0) is 20.7 Å². The van der Waals surface area contributed by atoms with E-state index in [1.54, 1.807) is 0 Å². The number of rotatable bonds is 7. The van der Waals surface area contributed by atoms with Gasteiger partial charge in [-0.2, -0.15) is 0 Å². The van der Waals surface area contributed by atoms with Crippen LogP contribution in [0.15, 0.2) is 42.5 Å². The van der Waals surface area contributed by atoms with E-state index in [1.165, 1.54) is 5.56 Å². The third kappa shape index (κ3) is 5.95. The first-order valence-electron chi connectivity index (χ1n) is 8.22. The minimum absolute atomic E-state index is 0.233. The largest absolute Gasteiger partial charge is 0.482 e. The molecule has 0 bridgehead atoms. The Morgan fingerprint density at radius 3 is 2.40 bits per heavy atom. The molecule has 0 spiro atoms. The van der Waals surface area contributed by atoms with Crippen molar-refractivity contribution in [2.45, 2.75) is 27.2 Å². The van der Waals surface area contributed by atoms with Gasteiger partial charge in [-0.25, -0.2) is 4.79 Å². The highest BCUT2D eigenvalue weighted by Gasteiger charge is 2.10. The van der Waals surface area contributed by atoms with Gasteiger partial charge in [0.05, 0.1) is 0 Å². The summed E-state index contributed by atoms with van der Waals surface area (Å²) >= 11 is 0. The molecule has 0 aliphatic carbocycles. The number of carbonyl (C=O) groups is 2. The van der Waals surface area contributed by atoms with Crippen LogP contribution in [0.5, 0.6) is 5.75 Å². The van der Waals surface area contributed by atoms with Crippen molar-refractivity contribution >= 4 is 17.6 Å². The molecule has 2 aromatic rings. The van der Waals surface area contributed by atoms with Gasteiger partial charge in [0.25, 0.3) is 5.91 Å². The van der Waals surface area contributed by atoms with Crippen LogP contribution in [0.2, 0.25) is 0 Å². The molecule has 0 aliphatic heterocycles. The van der Waals surface area contributed by atoms with E-state index in [0.29, 0.717) is 11.4 Å². The molecule has 1 N–H and O–H groups in total. The Labute approximate surface area is 148 Å². The van der Waals surface area contributed by atoms with Crippen LogP contribution in [0.1, 0.15) is 23.6 Å². The molecule has 25 heavy (non-hydrogen) atoms. The zero-order valence-corrected chi connectivity index (χ0v) is 14.8. The van der Waals surface area contributed by atoms with Crippen molar-refractivity contribution in [1.29, 1.82) is 0 Å². The minimum atomic E-state index is -0.586. The number of aryl methyl sites for hydroxylation is 3. The van der Waals surface area contributed by atoms with Crippen LogP contribution in [-0.4, -0.2) is 25.1 Å². The van der Waals surface area contributed by atoms with Gasteiger partial charge in [-0.1, -0.05) is 31.2 Å². The first kappa shape index (κ1) is 18.5. The van der Waals surface area contributed by atoms with Crippen LogP contribution >= 0.6 is 0 Å². The fourth-order valence-electron chi connectivity index (χ4n) is 2.21. The fraction of sp³-hybridized carbons (Fsp3) is 0.300. The Morgan fingerprint density at radius 2 is 1.72 bits per heavy atom. The number of esters is 1. The van der Waals surface area contributed by atoms with E-state index < -0.39 is 5.97 Å². The molecule has 1 amide bonds. The van der Waals surface area contributed by atoms with Gasteiger partial charge >= 0.3 is 5.97 Å². The Balaban J connectivity index is 1.75. The molecule has 2 rings (SSSR count). The Kier molecular flexibility index (Phi) is 6.57. The monoisotopic (exact) mass is 341 g/mol. The Bertz CT molecular complexity index is 738. The van der Waals surface area contributed by atoms with E-state index in [-0.39, 0.29) is 19.1 Å². The molecular formula is C20H23NO4. The van der Waals surface area contributed by atoms with E-state index in [0.717, 1.165) is 17.5 Å². The van der Waals surface area contributed by atoms with Crippen molar-refractivity contribution in [3.05, 3.63) is 59.2 Å². The number of carbonyl (C=O) groups excluding carboxylic acids is 2. The number of amides is 1. The Morgan fingerprint density at radius 1 is 1.00 bits per heavy atom. The second-order valence-electron chi connectivity index (χ2n) is 5.82. The molecule has 0 aromatic heterocycles. The maximum atomic E-state index is 11.8. The lowest BCUT2D eigenvalue weighted by atomic mass is 10.1. The fourth-order valence-corrected chi connectivity index (χ4v) is 2.21. The summed E-state index contributed by atoms with van der Waals surface area (Å²) in [7, 11) is 0. The van der Waals surface area contributed by atoms with Crippen molar-refractivity contribution < 1.29 is 19.1 Å². The van der Waals surface area contributed by atoms with Gasteiger partial charge in [-0.05, 0) is 55.2 Å². The second kappa shape index (κ2) is 8.87. The molecule has 0 heterocycles. The first-order chi connectivity index (χ1) is 12.0. The van der Waals surface area contributed by atoms with E-state index in [9.17, 15) is 9.59 Å². The second-order valence-corrected chi connectivity index (χ2v) is 5.82. The van der Waals surface area contributed by atoms with E-state index >= 15 is 0 Å². The van der Waals surface area contributed by atoms with Crippen LogP contribution in [0.4, 0.5) is 5.69 Å². The zero-order valence-electron chi connectivity index (χ0n) is 14.8. The molecular weight excluding hydrogens is 318 g/mol. The van der Waals surface area contributed by atoms with Crippen molar-refractivity contribution in [3.63, 3.8) is 0 Å². The van der Waals surface area contributed by atoms with Gasteiger partial charge in [0.15, 0.2) is 13.2 Å². The molecule has 0 fully saturated rings. The van der Waals surface area contributed by atoms with E-state index in [1.807, 2.05) is 56.3 Å². The average molecular weight is 341 g/mol. The summed E-state index contributed by atoms with van der Waals surface area (Å²) in [6.45, 7) is 5.33. The van der Waals surface area contributed by atoms with Gasteiger partial charge < -0.3 is 14.8 Å². The van der Waals surface area contributed by atoms with Crippen molar-refractivity contribution in [2.24, 2.45) is 0 Å². The van der Waals surface area contributed by atoms with Crippen molar-refractivity contribution in [2.75, 3.05) is 18.5 Å². The zero-order chi connectivity index (χ0) is 18.2. The van der Waals surface area contributed by atoms with Crippen LogP contribution in [0, 0.1) is 13.8 Å². The number of ether oxygens (including phenoxy) is 2. The van der Waals surface area contributed by atoms with Gasteiger partial charge in [-0.3, -0.25) is 4.79 Å². The molecule has 0 unspecified atom stereocenters. The predicted octanol–water partition coefficient (Wildman–Crippen LogP) is 3.43. The maximum absolute atomic E-state index is 11.8. The van der Waals surface area contributed by atoms with Gasteiger partial charge in [0.2, 0.25) is 0 Å². The summed E-state index contributed by atoms with van der Waals surface area (Å²) < 4.78 is 10.4. The molecule has 132 valence electrons. The third-order valence-electron chi connectivity index (χ3n) is 3.70. The highest BCUT2D eigenvalue weighted by molar-refractivity contribution is 5.92. The van der Waals surface area contributed by atoms with Gasteiger partial charge in [0.1, 0.15) is 5.75 Å². The lowest BCUT2D eigenvalue weighted by Crippen LogP contribution is -2.23. The van der Waals surface area contributed by atoms with Gasteiger partial charge in [-0.15, -0.1) is 0 Å². The molecule has 0 radical (unpaired) electrons. The summed E-state index contributed by atoms with van der Waals surface area (Å²) in [5.41, 5.74) is 3.84. The van der Waals surface area contributed by atoms with E-state index in [4.69, 9.17) is 9.47 Å². The summed E-state index contributed by atoms with van der Waals surface area (Å²) in [6.07, 6.45) is 0.937. The smallest absolute Gasteiger partial charge is 0.344 e. The van der Waals surface area contributed by atoms with Gasteiger partial charge in [0, 0.05) is 5.69 Å². The molecule has 0 aliphatic rings. The topological polar surface area (TPSA) is 64.6 Å². The average Bonchev–Trinajstić information content (AvgIpc) is 2.61. The lowest BCUT2D eigenvalue weighted by Gasteiger charge is -2.10. The minimum Gasteiger partial charge on any atom is -0.482 e. The normalized spacial score (nSPS) is 10.2. The van der Waals surface area contributed by atoms with Crippen LogP contribution < -0.4 is 10.1 Å². The summed E-state index contributed by atoms with van der Waals surface area (Å²) in [5.74, 6) is -0.334. The third-order valence-corrected chi connectivity index (χ3v) is 3.70. The molecule has 5 heteroatoms. The quantitative estimate of drug-likeness (QED) is 0.784. The van der Waals surface area contributed by atoms with Crippen LogP contribution in [0.25, 0.3) is 0 Å². The SMILES string of the molecule is CCc1ccc(NC(=O)COC(=O)COc2cc(C)ccc2C)cc1. The molecule has 0 saturated heterocycles. The van der Waals surface area contributed by atoms with Crippen molar-refractivity contribution in [1.82, 2.24) is 0 Å². The lowest BCUT2D eigenvalue weighted by molar-refractivity contribution is -0.149. The number of hydrogen-bond donors (Lipinski definition) is 1. The highest BCUT2D eigenvalue weighted by Crippen LogP contribution is 2.18. The predicted molar refractivity (Wildman–Crippen MR) is 96.8 cm³/mol. The molecule has 5 nitrogen and oxygen atoms in total. The molecule has 0 atom stereocenters. The number of hydrogen-bond acceptors (Lipinski definition) is 4. The standard InChI is InChI=1S/C20H23NO4/c1-4-16-7-9-17(10-8-16)21-19(22)12-25-20(23)13-24-18-11-14(2)5-6-15(18)3/h5-11H,4,12-13H2,1-3H3,(H,21,22). The number of anilines is 1. The number of benzene rings is 2. The van der Waals surface area contributed by atoms with E-state index in [2.05, 4.69) is 12.2 Å². The van der Waals surface area contributed by atoms with Crippen LogP contribution in [0.3, 0.4) is 0 Å². The Hall–Kier alpha value is -2.82. The van der Waals surface area contributed by atoms with Crippen molar-refractivity contribution in [3.8, 4) is 5.75 Å². The summed E-state index contributed by atoms with van der Waals surface area (Å²) in [6, 6.07) is 13.3. The molecule has 2 aromatic carbocycles. The first-order valence-corrected chi connectivity index (χ1v) is 8.22. The maximum Gasteiger partial charge on any atom is 0.344 e. The summed E-state index contributed by atoms with van der Waals surface area (Å²) in [4.78, 5) is 23.5.